The Labute approximate surface area is 366 Å². The van der Waals surface area contributed by atoms with Crippen molar-refractivity contribution in [3.05, 3.63) is 0 Å². The molecular formula is C49H96O11. The van der Waals surface area contributed by atoms with Gasteiger partial charge in [0.05, 0.1) is 19.3 Å². The first-order valence-electron chi connectivity index (χ1n) is 25.4. The third-order valence-electron chi connectivity index (χ3n) is 13.3. The zero-order chi connectivity index (χ0) is 43.8. The maximum absolute atomic E-state index is 11.2. The van der Waals surface area contributed by atoms with Crippen LogP contribution in [-0.4, -0.2) is 116 Å². The molecule has 2 aliphatic heterocycles. The Kier molecular flexibility index (Phi) is 33.3. The summed E-state index contributed by atoms with van der Waals surface area (Å²) in [5.74, 6) is 0.867. The fourth-order valence-corrected chi connectivity index (χ4v) is 8.89. The van der Waals surface area contributed by atoms with E-state index >= 15 is 0 Å². The molecule has 2 unspecified atom stereocenters. The van der Waals surface area contributed by atoms with Gasteiger partial charge in [0.25, 0.3) is 0 Å². The Balaban J connectivity index is 1.77. The summed E-state index contributed by atoms with van der Waals surface area (Å²) in [5, 5.41) is 73.0. The summed E-state index contributed by atoms with van der Waals surface area (Å²) in [5.41, 5.74) is 0. The van der Waals surface area contributed by atoms with Crippen molar-refractivity contribution in [1.29, 1.82) is 0 Å². The Morgan fingerprint density at radius 2 is 0.783 bits per heavy atom. The van der Waals surface area contributed by atoms with Gasteiger partial charge < -0.3 is 54.7 Å². The number of rotatable bonds is 39. The SMILES string of the molecule is CCCCCCCCCCCCCCCCCCC(CCCCCCCCCCCCCCC(C)CC)O[C@@H]1O[C@@H](CO)[C@H](O[C@H]2O[C@@H](CO)[C@@H](O)[C@H](O)[C@@H]2O)[C@H](O)[C@@H]1O. The summed E-state index contributed by atoms with van der Waals surface area (Å²) in [6.07, 6.45) is 25.8. The van der Waals surface area contributed by atoms with Crippen LogP contribution in [0.15, 0.2) is 0 Å². The number of hydrogen-bond acceptors (Lipinski definition) is 11. The number of aliphatic hydroxyl groups is 7. The van der Waals surface area contributed by atoms with E-state index in [1.54, 1.807) is 0 Å². The topological polar surface area (TPSA) is 179 Å². The molecule has 11 heteroatoms. The van der Waals surface area contributed by atoms with Crippen molar-refractivity contribution >= 4 is 0 Å². The molecule has 0 spiro atoms. The molecule has 7 N–H and O–H groups in total. The molecular weight excluding hydrogens is 765 g/mol. The van der Waals surface area contributed by atoms with Crippen molar-refractivity contribution in [2.45, 2.75) is 294 Å². The minimum absolute atomic E-state index is 0.184. The minimum atomic E-state index is -1.70. The largest absolute Gasteiger partial charge is 0.394 e. The van der Waals surface area contributed by atoms with Crippen molar-refractivity contribution in [2.24, 2.45) is 5.92 Å². The van der Waals surface area contributed by atoms with Crippen LogP contribution in [0.3, 0.4) is 0 Å². The highest BCUT2D eigenvalue weighted by Crippen LogP contribution is 2.31. The van der Waals surface area contributed by atoms with E-state index in [0.29, 0.717) is 0 Å². The van der Waals surface area contributed by atoms with Gasteiger partial charge in [-0.2, -0.15) is 0 Å². The van der Waals surface area contributed by atoms with Crippen molar-refractivity contribution in [2.75, 3.05) is 13.2 Å². The maximum Gasteiger partial charge on any atom is 0.187 e. The summed E-state index contributed by atoms with van der Waals surface area (Å²) in [7, 11) is 0. The Hall–Kier alpha value is -0.440. The van der Waals surface area contributed by atoms with Crippen LogP contribution in [0, 0.1) is 5.92 Å². The standard InChI is InChI=1S/C49H96O11/c1-4-6-7-8-9-10-11-12-13-14-15-19-22-25-28-31-34-39(35-32-29-26-23-20-17-16-18-21-24-27-30-33-38(3)5-2)57-48-46(56)44(54)47(41(37-51)59-48)60-49-45(55)43(53)42(52)40(36-50)58-49/h38-56H,4-37H2,1-3H3/t38?,39?,40-,41-,42+,43-,44+,45-,46-,47-,48+,49+/m0/s1. The average Bonchev–Trinajstić information content (AvgIpc) is 3.25. The monoisotopic (exact) mass is 861 g/mol. The van der Waals surface area contributed by atoms with E-state index in [1.165, 1.54) is 167 Å². The van der Waals surface area contributed by atoms with Gasteiger partial charge in [-0.3, -0.25) is 0 Å². The summed E-state index contributed by atoms with van der Waals surface area (Å²) < 4.78 is 23.6. The second-order valence-corrected chi connectivity index (χ2v) is 18.7. The zero-order valence-electron chi connectivity index (χ0n) is 38.7. The Bertz CT molecular complexity index is 956. The fraction of sp³-hybridized carbons (Fsp3) is 1.00. The van der Waals surface area contributed by atoms with E-state index in [2.05, 4.69) is 20.8 Å². The predicted octanol–water partition coefficient (Wildman–Crippen LogP) is 9.15. The lowest BCUT2D eigenvalue weighted by Gasteiger charge is -2.46. The van der Waals surface area contributed by atoms with Crippen LogP contribution in [0.4, 0.5) is 0 Å². The summed E-state index contributed by atoms with van der Waals surface area (Å²) in [6.45, 7) is 5.70. The lowest BCUT2D eigenvalue weighted by Crippen LogP contribution is -2.64. The van der Waals surface area contributed by atoms with Gasteiger partial charge in [-0.1, -0.05) is 213 Å². The highest BCUT2D eigenvalue weighted by atomic mass is 16.7. The highest BCUT2D eigenvalue weighted by molar-refractivity contribution is 4.94. The number of hydrogen-bond donors (Lipinski definition) is 7. The summed E-state index contributed by atoms with van der Waals surface area (Å²) >= 11 is 0. The first kappa shape index (κ1) is 55.7. The van der Waals surface area contributed by atoms with Crippen LogP contribution in [0.1, 0.15) is 226 Å². The van der Waals surface area contributed by atoms with Crippen molar-refractivity contribution in [3.8, 4) is 0 Å². The molecule has 358 valence electrons. The van der Waals surface area contributed by atoms with Gasteiger partial charge >= 0.3 is 0 Å². The number of unbranched alkanes of at least 4 members (excludes halogenated alkanes) is 26. The minimum Gasteiger partial charge on any atom is -0.394 e. The molecule has 11 nitrogen and oxygen atoms in total. The molecule has 0 amide bonds. The number of aliphatic hydroxyl groups excluding tert-OH is 7. The third kappa shape index (κ3) is 23.5. The van der Waals surface area contributed by atoms with Gasteiger partial charge in [0.15, 0.2) is 12.6 Å². The van der Waals surface area contributed by atoms with Crippen LogP contribution in [-0.2, 0) is 18.9 Å². The first-order valence-corrected chi connectivity index (χ1v) is 25.4. The molecule has 0 aromatic carbocycles. The van der Waals surface area contributed by atoms with Crippen LogP contribution < -0.4 is 0 Å². The first-order chi connectivity index (χ1) is 29.2. The quantitative estimate of drug-likeness (QED) is 0.0293. The van der Waals surface area contributed by atoms with E-state index in [4.69, 9.17) is 18.9 Å². The van der Waals surface area contributed by atoms with Gasteiger partial charge in [0.2, 0.25) is 0 Å². The molecule has 0 aliphatic carbocycles. The van der Waals surface area contributed by atoms with Crippen LogP contribution in [0.25, 0.3) is 0 Å². The zero-order valence-corrected chi connectivity index (χ0v) is 38.7. The van der Waals surface area contributed by atoms with Crippen LogP contribution >= 0.6 is 0 Å². The van der Waals surface area contributed by atoms with Gasteiger partial charge in [-0.25, -0.2) is 0 Å². The average molecular weight is 861 g/mol. The van der Waals surface area contributed by atoms with E-state index in [0.717, 1.165) is 44.4 Å². The Morgan fingerprint density at radius 3 is 1.18 bits per heavy atom. The number of ether oxygens (including phenoxy) is 4. The van der Waals surface area contributed by atoms with Gasteiger partial charge in [-0.15, -0.1) is 0 Å². The molecule has 0 aromatic rings. The second kappa shape index (κ2) is 35.9. The van der Waals surface area contributed by atoms with Gasteiger partial charge in [-0.05, 0) is 18.8 Å². The molecule has 2 fully saturated rings. The van der Waals surface area contributed by atoms with Gasteiger partial charge in [0.1, 0.15) is 48.8 Å². The molecule has 0 bridgehead atoms. The predicted molar refractivity (Wildman–Crippen MR) is 240 cm³/mol. The molecule has 60 heavy (non-hydrogen) atoms. The van der Waals surface area contributed by atoms with E-state index in [1.807, 2.05) is 0 Å². The molecule has 0 saturated carbocycles. The third-order valence-corrected chi connectivity index (χ3v) is 13.3. The van der Waals surface area contributed by atoms with Crippen LogP contribution in [0.2, 0.25) is 0 Å². The summed E-state index contributed by atoms with van der Waals surface area (Å²) in [4.78, 5) is 0. The molecule has 2 heterocycles. The molecule has 2 rings (SSSR count). The highest BCUT2D eigenvalue weighted by Gasteiger charge is 2.51. The molecule has 0 aromatic heterocycles. The van der Waals surface area contributed by atoms with E-state index < -0.39 is 74.6 Å². The van der Waals surface area contributed by atoms with E-state index in [9.17, 15) is 35.7 Å². The molecule has 2 aliphatic rings. The van der Waals surface area contributed by atoms with Crippen molar-refractivity contribution < 1.29 is 54.7 Å². The maximum atomic E-state index is 11.2. The molecule has 0 radical (unpaired) electrons. The van der Waals surface area contributed by atoms with Gasteiger partial charge in [0, 0.05) is 0 Å². The smallest absolute Gasteiger partial charge is 0.187 e. The van der Waals surface area contributed by atoms with Crippen LogP contribution in [0.5, 0.6) is 0 Å². The lowest BCUT2D eigenvalue weighted by molar-refractivity contribution is -0.363. The second-order valence-electron chi connectivity index (χ2n) is 18.7. The Morgan fingerprint density at radius 1 is 0.417 bits per heavy atom. The molecule has 2 saturated heterocycles. The van der Waals surface area contributed by atoms with Crippen molar-refractivity contribution in [3.63, 3.8) is 0 Å². The van der Waals surface area contributed by atoms with E-state index in [-0.39, 0.29) is 6.10 Å². The van der Waals surface area contributed by atoms with Crippen molar-refractivity contribution in [1.82, 2.24) is 0 Å². The molecule has 12 atom stereocenters. The lowest BCUT2D eigenvalue weighted by atomic mass is 9.96. The fourth-order valence-electron chi connectivity index (χ4n) is 8.89. The normalized spacial score (nSPS) is 28.3. The summed E-state index contributed by atoms with van der Waals surface area (Å²) in [6, 6.07) is 0.